The first-order chi connectivity index (χ1) is 6.25. The normalized spacial score (nSPS) is 22.2. The molecule has 0 N–H and O–H groups in total. The fourth-order valence-electron chi connectivity index (χ4n) is 1.95. The van der Waals surface area contributed by atoms with Crippen molar-refractivity contribution in [1.82, 2.24) is 0 Å². The molecule has 0 aromatic heterocycles. The average molecular weight is 176 g/mol. The summed E-state index contributed by atoms with van der Waals surface area (Å²) in [5.41, 5.74) is 2.58. The maximum absolute atomic E-state index is 12.6. The minimum Gasteiger partial charge on any atom is -0.207 e. The molecule has 0 aliphatic heterocycles. The summed E-state index contributed by atoms with van der Waals surface area (Å²) >= 11 is 0. The van der Waals surface area contributed by atoms with Gasteiger partial charge < -0.3 is 0 Å². The van der Waals surface area contributed by atoms with Crippen molar-refractivity contribution >= 4 is 0 Å². The van der Waals surface area contributed by atoms with Gasteiger partial charge in [0.1, 0.15) is 5.82 Å². The highest BCUT2D eigenvalue weighted by Crippen LogP contribution is 2.36. The Morgan fingerprint density at radius 1 is 1.23 bits per heavy atom. The summed E-state index contributed by atoms with van der Waals surface area (Å²) < 4.78 is 12.6. The lowest BCUT2D eigenvalue weighted by Gasteiger charge is -2.07. The molecule has 0 unspecified atom stereocenters. The van der Waals surface area contributed by atoms with E-state index in [0.29, 0.717) is 5.92 Å². The van der Waals surface area contributed by atoms with E-state index >= 15 is 0 Å². The fourth-order valence-corrected chi connectivity index (χ4v) is 1.95. The van der Waals surface area contributed by atoms with E-state index in [-0.39, 0.29) is 5.82 Å². The molecule has 1 fully saturated rings. The Balaban J connectivity index is 2.17. The van der Waals surface area contributed by atoms with Crippen molar-refractivity contribution < 1.29 is 4.39 Å². The zero-order valence-electron chi connectivity index (χ0n) is 7.59. The third-order valence-corrected chi connectivity index (χ3v) is 2.72. The highest BCUT2D eigenvalue weighted by atomic mass is 19.1. The molecule has 2 rings (SSSR count). The van der Waals surface area contributed by atoms with Crippen LogP contribution in [-0.4, -0.2) is 0 Å². The minimum atomic E-state index is -0.152. The summed E-state index contributed by atoms with van der Waals surface area (Å²) in [4.78, 5) is 0. The third-order valence-electron chi connectivity index (χ3n) is 2.72. The van der Waals surface area contributed by atoms with Crippen LogP contribution in [0.5, 0.6) is 0 Å². The van der Waals surface area contributed by atoms with Gasteiger partial charge in [0.15, 0.2) is 0 Å². The second kappa shape index (κ2) is 3.33. The lowest BCUT2D eigenvalue weighted by molar-refractivity contribution is 0.624. The molecule has 1 heteroatoms. The maximum atomic E-state index is 12.6. The number of benzene rings is 1. The molecule has 1 atom stereocenters. The van der Waals surface area contributed by atoms with Crippen LogP contribution in [-0.2, 0) is 0 Å². The van der Waals surface area contributed by atoms with E-state index in [0.717, 1.165) is 12.8 Å². The third kappa shape index (κ3) is 1.80. The lowest BCUT2D eigenvalue weighted by atomic mass is 9.98. The number of hydrogen-bond donors (Lipinski definition) is 0. The molecule has 0 nitrogen and oxygen atoms in total. The molecule has 0 spiro atoms. The highest BCUT2D eigenvalue weighted by molar-refractivity contribution is 5.24. The van der Waals surface area contributed by atoms with Crippen molar-refractivity contribution in [2.75, 3.05) is 0 Å². The summed E-state index contributed by atoms with van der Waals surface area (Å²) in [6, 6.07) is 6.85. The van der Waals surface area contributed by atoms with Crippen LogP contribution >= 0.6 is 0 Å². The van der Waals surface area contributed by atoms with Crippen LogP contribution in [0.4, 0.5) is 4.39 Å². The Kier molecular flexibility index (Phi) is 2.17. The van der Waals surface area contributed by atoms with Crippen LogP contribution in [0.1, 0.15) is 30.7 Å². The van der Waals surface area contributed by atoms with E-state index in [4.69, 9.17) is 0 Å². The molecule has 1 saturated carbocycles. The van der Waals surface area contributed by atoms with Crippen LogP contribution in [0.2, 0.25) is 0 Å². The maximum Gasteiger partial charge on any atom is 0.123 e. The quantitative estimate of drug-likeness (QED) is 0.573. The van der Waals surface area contributed by atoms with Crippen molar-refractivity contribution in [3.63, 3.8) is 0 Å². The zero-order chi connectivity index (χ0) is 9.26. The molecular weight excluding hydrogens is 163 g/mol. The van der Waals surface area contributed by atoms with E-state index < -0.39 is 0 Å². The van der Waals surface area contributed by atoms with E-state index in [1.807, 2.05) is 12.1 Å². The number of hydrogen-bond acceptors (Lipinski definition) is 0. The zero-order valence-corrected chi connectivity index (χ0v) is 7.59. The Hall–Kier alpha value is -1.11. The minimum absolute atomic E-state index is 0.152. The van der Waals surface area contributed by atoms with Crippen LogP contribution in [0.15, 0.2) is 36.4 Å². The van der Waals surface area contributed by atoms with Crippen molar-refractivity contribution in [3.05, 3.63) is 47.8 Å². The number of rotatable bonds is 1. The standard InChI is InChI=1S/C12H13F/c1-9-2-3-11(8-9)10-4-6-12(13)7-5-10/h4-7,11H,1-3,8H2/t11-/m0/s1. The first-order valence-electron chi connectivity index (χ1n) is 4.68. The summed E-state index contributed by atoms with van der Waals surface area (Å²) in [5, 5.41) is 0. The van der Waals surface area contributed by atoms with Gasteiger partial charge in [0.05, 0.1) is 0 Å². The van der Waals surface area contributed by atoms with Gasteiger partial charge in [-0.3, -0.25) is 0 Å². The second-order valence-electron chi connectivity index (χ2n) is 3.74. The average Bonchev–Trinajstić information content (AvgIpc) is 2.53. The number of allylic oxidation sites excluding steroid dienone is 1. The molecule has 68 valence electrons. The Morgan fingerprint density at radius 3 is 2.46 bits per heavy atom. The van der Waals surface area contributed by atoms with Gasteiger partial charge in [0, 0.05) is 0 Å². The highest BCUT2D eigenvalue weighted by Gasteiger charge is 2.19. The molecule has 13 heavy (non-hydrogen) atoms. The van der Waals surface area contributed by atoms with Gasteiger partial charge in [-0.15, -0.1) is 0 Å². The van der Waals surface area contributed by atoms with Gasteiger partial charge in [-0.05, 0) is 42.9 Å². The molecule has 0 heterocycles. The van der Waals surface area contributed by atoms with E-state index in [1.165, 1.54) is 29.7 Å². The largest absolute Gasteiger partial charge is 0.207 e. The second-order valence-corrected chi connectivity index (χ2v) is 3.74. The van der Waals surface area contributed by atoms with Crippen LogP contribution < -0.4 is 0 Å². The van der Waals surface area contributed by atoms with E-state index in [1.54, 1.807) is 0 Å². The molecule has 0 saturated heterocycles. The summed E-state index contributed by atoms with van der Waals surface area (Å²) in [6.45, 7) is 3.97. The van der Waals surface area contributed by atoms with Crippen LogP contribution in [0.3, 0.4) is 0 Å². The van der Waals surface area contributed by atoms with Crippen molar-refractivity contribution in [2.45, 2.75) is 25.2 Å². The Bertz CT molecular complexity index is 310. The fraction of sp³-hybridized carbons (Fsp3) is 0.333. The summed E-state index contributed by atoms with van der Waals surface area (Å²) in [5.74, 6) is 0.425. The molecule has 0 bridgehead atoms. The summed E-state index contributed by atoms with van der Waals surface area (Å²) in [6.07, 6.45) is 3.37. The van der Waals surface area contributed by atoms with Gasteiger partial charge in [-0.25, -0.2) is 4.39 Å². The SMILES string of the molecule is C=C1CC[C@H](c2ccc(F)cc2)C1. The Labute approximate surface area is 78.1 Å². The first-order valence-corrected chi connectivity index (χ1v) is 4.68. The number of halogens is 1. The molecular formula is C12H13F. The smallest absolute Gasteiger partial charge is 0.123 e. The molecule has 0 radical (unpaired) electrons. The van der Waals surface area contributed by atoms with Gasteiger partial charge in [0.2, 0.25) is 0 Å². The summed E-state index contributed by atoms with van der Waals surface area (Å²) in [7, 11) is 0. The van der Waals surface area contributed by atoms with E-state index in [9.17, 15) is 4.39 Å². The van der Waals surface area contributed by atoms with Gasteiger partial charge in [0.25, 0.3) is 0 Å². The van der Waals surface area contributed by atoms with Gasteiger partial charge >= 0.3 is 0 Å². The van der Waals surface area contributed by atoms with Gasteiger partial charge in [-0.2, -0.15) is 0 Å². The van der Waals surface area contributed by atoms with Gasteiger partial charge in [-0.1, -0.05) is 24.3 Å². The topological polar surface area (TPSA) is 0 Å². The van der Waals surface area contributed by atoms with Crippen LogP contribution in [0, 0.1) is 5.82 Å². The molecule has 1 aliphatic carbocycles. The molecule has 1 aromatic carbocycles. The van der Waals surface area contributed by atoms with E-state index in [2.05, 4.69) is 6.58 Å². The lowest BCUT2D eigenvalue weighted by Crippen LogP contribution is -1.91. The monoisotopic (exact) mass is 176 g/mol. The Morgan fingerprint density at radius 2 is 1.92 bits per heavy atom. The van der Waals surface area contributed by atoms with Crippen molar-refractivity contribution in [3.8, 4) is 0 Å². The van der Waals surface area contributed by atoms with Crippen molar-refractivity contribution in [2.24, 2.45) is 0 Å². The van der Waals surface area contributed by atoms with Crippen molar-refractivity contribution in [1.29, 1.82) is 0 Å². The molecule has 0 amide bonds. The van der Waals surface area contributed by atoms with Crippen LogP contribution in [0.25, 0.3) is 0 Å². The predicted molar refractivity (Wildman–Crippen MR) is 52.1 cm³/mol. The molecule has 1 aliphatic rings. The first kappa shape index (κ1) is 8.49. The molecule has 1 aromatic rings. The predicted octanol–water partition coefficient (Wildman–Crippen LogP) is 3.65.